The second-order valence-electron chi connectivity index (χ2n) is 5.65. The number of hydrogen-bond acceptors (Lipinski definition) is 2. The van der Waals surface area contributed by atoms with Crippen LogP contribution in [0.2, 0.25) is 0 Å². The van der Waals surface area contributed by atoms with Crippen molar-refractivity contribution in [3.63, 3.8) is 0 Å². The van der Waals surface area contributed by atoms with Crippen LogP contribution in [0.3, 0.4) is 0 Å². The van der Waals surface area contributed by atoms with Crippen LogP contribution in [0.5, 0.6) is 5.75 Å². The molecule has 0 radical (unpaired) electrons. The van der Waals surface area contributed by atoms with Gasteiger partial charge in [0.25, 0.3) is 0 Å². The zero-order valence-electron chi connectivity index (χ0n) is 11.9. The normalized spacial score (nSPS) is 21.1. The fraction of sp³-hybridized carbons (Fsp3) is 0.333. The zero-order valence-corrected chi connectivity index (χ0v) is 11.9. The average Bonchev–Trinajstić information content (AvgIpc) is 2.47. The molecule has 0 aliphatic carbocycles. The van der Waals surface area contributed by atoms with Crippen molar-refractivity contribution in [1.29, 1.82) is 0 Å². The summed E-state index contributed by atoms with van der Waals surface area (Å²) in [5.41, 5.74) is 10.1. The van der Waals surface area contributed by atoms with Crippen LogP contribution >= 0.6 is 0 Å². The highest BCUT2D eigenvalue weighted by atomic mass is 16.5. The summed E-state index contributed by atoms with van der Waals surface area (Å²) in [6, 6.07) is 16.9. The van der Waals surface area contributed by atoms with E-state index in [0.717, 1.165) is 30.6 Å². The van der Waals surface area contributed by atoms with Gasteiger partial charge in [-0.25, -0.2) is 0 Å². The molecule has 2 atom stereocenters. The van der Waals surface area contributed by atoms with Crippen LogP contribution in [0.15, 0.2) is 48.5 Å². The maximum absolute atomic E-state index is 6.29. The predicted molar refractivity (Wildman–Crippen MR) is 81.9 cm³/mol. The molecule has 1 aliphatic rings. The number of fused-ring (bicyclic) bond motifs is 1. The maximum Gasteiger partial charge on any atom is 0.124 e. The Hall–Kier alpha value is -1.80. The van der Waals surface area contributed by atoms with E-state index in [9.17, 15) is 0 Å². The number of benzene rings is 2. The van der Waals surface area contributed by atoms with Gasteiger partial charge in [0.05, 0.1) is 0 Å². The minimum atomic E-state index is 0.0967. The lowest BCUT2D eigenvalue weighted by molar-refractivity contribution is 0.150. The molecule has 104 valence electrons. The van der Waals surface area contributed by atoms with Gasteiger partial charge in [0, 0.05) is 18.0 Å². The van der Waals surface area contributed by atoms with Crippen molar-refractivity contribution in [2.45, 2.75) is 38.3 Å². The van der Waals surface area contributed by atoms with E-state index in [4.69, 9.17) is 10.5 Å². The SMILES string of the molecule is Cc1ccc2c(c1)[C@H](N)CC(CCc1ccccc1)O2. The number of nitrogens with two attached hydrogens (primary N) is 1. The summed E-state index contributed by atoms with van der Waals surface area (Å²) in [5, 5.41) is 0. The molecule has 2 nitrogen and oxygen atoms in total. The molecule has 1 heterocycles. The Morgan fingerprint density at radius 3 is 2.75 bits per heavy atom. The molecule has 1 unspecified atom stereocenters. The van der Waals surface area contributed by atoms with E-state index in [0.29, 0.717) is 0 Å². The Labute approximate surface area is 120 Å². The standard InChI is InChI=1S/C18H21NO/c1-13-7-10-18-16(11-13)17(19)12-15(20-18)9-8-14-5-3-2-4-6-14/h2-7,10-11,15,17H,8-9,12,19H2,1H3/t15?,17-/m1/s1. The average molecular weight is 267 g/mol. The molecule has 0 aromatic heterocycles. The molecule has 0 saturated carbocycles. The maximum atomic E-state index is 6.29. The van der Waals surface area contributed by atoms with Gasteiger partial charge in [-0.3, -0.25) is 0 Å². The number of rotatable bonds is 3. The van der Waals surface area contributed by atoms with Crippen molar-refractivity contribution in [3.8, 4) is 5.75 Å². The molecule has 0 bridgehead atoms. The highest BCUT2D eigenvalue weighted by molar-refractivity contribution is 5.40. The third-order valence-electron chi connectivity index (χ3n) is 3.97. The summed E-state index contributed by atoms with van der Waals surface area (Å²) in [4.78, 5) is 0. The summed E-state index contributed by atoms with van der Waals surface area (Å²) >= 11 is 0. The van der Waals surface area contributed by atoms with E-state index in [1.807, 2.05) is 0 Å². The van der Waals surface area contributed by atoms with Crippen LogP contribution in [0.4, 0.5) is 0 Å². The van der Waals surface area contributed by atoms with E-state index in [-0.39, 0.29) is 12.1 Å². The Balaban J connectivity index is 1.67. The van der Waals surface area contributed by atoms with Gasteiger partial charge in [-0.05, 0) is 31.4 Å². The van der Waals surface area contributed by atoms with Crippen molar-refractivity contribution < 1.29 is 4.74 Å². The largest absolute Gasteiger partial charge is 0.490 e. The molecule has 0 spiro atoms. The van der Waals surface area contributed by atoms with Crippen LogP contribution in [0.1, 0.15) is 35.6 Å². The highest BCUT2D eigenvalue weighted by Gasteiger charge is 2.25. The first kappa shape index (κ1) is 13.2. The quantitative estimate of drug-likeness (QED) is 0.918. The Bertz CT molecular complexity index is 579. The second kappa shape index (κ2) is 5.68. The molecular weight excluding hydrogens is 246 g/mol. The molecule has 2 aromatic carbocycles. The monoisotopic (exact) mass is 267 g/mol. The fourth-order valence-corrected chi connectivity index (χ4v) is 2.85. The summed E-state index contributed by atoms with van der Waals surface area (Å²) in [6.07, 6.45) is 3.19. The molecule has 0 saturated heterocycles. The van der Waals surface area contributed by atoms with Gasteiger partial charge in [-0.2, -0.15) is 0 Å². The molecule has 2 N–H and O–H groups in total. The van der Waals surface area contributed by atoms with E-state index in [2.05, 4.69) is 55.5 Å². The van der Waals surface area contributed by atoms with Gasteiger partial charge in [-0.15, -0.1) is 0 Å². The summed E-state index contributed by atoms with van der Waals surface area (Å²) in [5.74, 6) is 0.965. The molecule has 0 amide bonds. The number of hydrogen-bond donors (Lipinski definition) is 1. The van der Waals surface area contributed by atoms with E-state index < -0.39 is 0 Å². The summed E-state index contributed by atoms with van der Waals surface area (Å²) < 4.78 is 6.10. The van der Waals surface area contributed by atoms with Crippen molar-refractivity contribution in [1.82, 2.24) is 0 Å². The Morgan fingerprint density at radius 2 is 1.95 bits per heavy atom. The number of aryl methyl sites for hydroxylation is 2. The van der Waals surface area contributed by atoms with Gasteiger partial charge in [0.2, 0.25) is 0 Å². The minimum absolute atomic E-state index is 0.0967. The molecule has 2 heteroatoms. The third kappa shape index (κ3) is 2.86. The van der Waals surface area contributed by atoms with Gasteiger partial charge in [-0.1, -0.05) is 48.0 Å². The molecule has 3 rings (SSSR count). The predicted octanol–water partition coefficient (Wildman–Crippen LogP) is 3.78. The molecule has 1 aliphatic heterocycles. The van der Waals surface area contributed by atoms with Gasteiger partial charge in [0.15, 0.2) is 0 Å². The third-order valence-corrected chi connectivity index (χ3v) is 3.97. The summed E-state index contributed by atoms with van der Waals surface area (Å²) in [7, 11) is 0. The number of ether oxygens (including phenoxy) is 1. The van der Waals surface area contributed by atoms with Crippen LogP contribution in [0.25, 0.3) is 0 Å². The van der Waals surface area contributed by atoms with Crippen LogP contribution in [-0.4, -0.2) is 6.10 Å². The molecule has 2 aromatic rings. The van der Waals surface area contributed by atoms with Crippen molar-refractivity contribution >= 4 is 0 Å². The lowest BCUT2D eigenvalue weighted by atomic mass is 9.93. The second-order valence-corrected chi connectivity index (χ2v) is 5.65. The lowest BCUT2D eigenvalue weighted by Gasteiger charge is -2.30. The fourth-order valence-electron chi connectivity index (χ4n) is 2.85. The lowest BCUT2D eigenvalue weighted by Crippen LogP contribution is -2.30. The van der Waals surface area contributed by atoms with Gasteiger partial charge in [0.1, 0.15) is 11.9 Å². The zero-order chi connectivity index (χ0) is 13.9. The first-order chi connectivity index (χ1) is 9.72. The minimum Gasteiger partial charge on any atom is -0.490 e. The van der Waals surface area contributed by atoms with Crippen molar-refractivity contribution in [2.24, 2.45) is 5.73 Å². The first-order valence-electron chi connectivity index (χ1n) is 7.29. The van der Waals surface area contributed by atoms with Crippen LogP contribution in [0, 0.1) is 6.92 Å². The topological polar surface area (TPSA) is 35.2 Å². The molecular formula is C18H21NO. The van der Waals surface area contributed by atoms with Crippen LogP contribution in [-0.2, 0) is 6.42 Å². The van der Waals surface area contributed by atoms with E-state index >= 15 is 0 Å². The van der Waals surface area contributed by atoms with Gasteiger partial charge < -0.3 is 10.5 Å². The Kier molecular flexibility index (Phi) is 3.75. The van der Waals surface area contributed by atoms with Crippen molar-refractivity contribution in [2.75, 3.05) is 0 Å². The molecule has 20 heavy (non-hydrogen) atoms. The van der Waals surface area contributed by atoms with E-state index in [1.165, 1.54) is 11.1 Å². The first-order valence-corrected chi connectivity index (χ1v) is 7.29. The van der Waals surface area contributed by atoms with Crippen molar-refractivity contribution in [3.05, 3.63) is 65.2 Å². The van der Waals surface area contributed by atoms with E-state index in [1.54, 1.807) is 0 Å². The Morgan fingerprint density at radius 1 is 1.15 bits per heavy atom. The smallest absolute Gasteiger partial charge is 0.124 e. The van der Waals surface area contributed by atoms with Gasteiger partial charge >= 0.3 is 0 Å². The highest BCUT2D eigenvalue weighted by Crippen LogP contribution is 2.35. The van der Waals surface area contributed by atoms with Crippen LogP contribution < -0.4 is 10.5 Å². The molecule has 0 fully saturated rings. The summed E-state index contributed by atoms with van der Waals surface area (Å²) in [6.45, 7) is 2.09.